The second-order valence-electron chi connectivity index (χ2n) is 7.92. The van der Waals surface area contributed by atoms with Gasteiger partial charge in [-0.2, -0.15) is 0 Å². The number of anilines is 1. The summed E-state index contributed by atoms with van der Waals surface area (Å²) < 4.78 is 11.0. The van der Waals surface area contributed by atoms with Crippen LogP contribution in [0.25, 0.3) is 6.08 Å². The average molecular weight is 503 g/mol. The molecular weight excluding hydrogens is 482 g/mol. The first-order valence-electron chi connectivity index (χ1n) is 10.9. The summed E-state index contributed by atoms with van der Waals surface area (Å²) in [6.45, 7) is 1.47. The van der Waals surface area contributed by atoms with Gasteiger partial charge in [0.2, 0.25) is 11.8 Å². The van der Waals surface area contributed by atoms with Gasteiger partial charge in [-0.05, 0) is 42.8 Å². The van der Waals surface area contributed by atoms with Crippen LogP contribution in [0.1, 0.15) is 11.1 Å². The van der Waals surface area contributed by atoms with Crippen LogP contribution < -0.4 is 20.1 Å². The third-order valence-corrected chi connectivity index (χ3v) is 5.24. The fraction of sp³-hybridized carbons (Fsp3) is 0.120. The van der Waals surface area contributed by atoms with Crippen LogP contribution in [-0.2, 0) is 9.59 Å². The van der Waals surface area contributed by atoms with E-state index in [1.54, 1.807) is 30.3 Å². The number of benzene rings is 2. The highest BCUT2D eigenvalue weighted by Crippen LogP contribution is 2.32. The Bertz CT molecular complexity index is 1400. The predicted molar refractivity (Wildman–Crippen MR) is 132 cm³/mol. The highest BCUT2D eigenvalue weighted by atomic mass is 16.6. The Labute approximate surface area is 210 Å². The van der Waals surface area contributed by atoms with Crippen molar-refractivity contribution >= 4 is 35.3 Å². The van der Waals surface area contributed by atoms with Crippen LogP contribution >= 0.6 is 0 Å². The maximum absolute atomic E-state index is 12.8. The third kappa shape index (κ3) is 5.88. The van der Waals surface area contributed by atoms with E-state index in [1.807, 2.05) is 19.1 Å². The minimum absolute atomic E-state index is 0.0131. The summed E-state index contributed by atoms with van der Waals surface area (Å²) in [5, 5.41) is 15.9. The molecule has 4 amide bonds. The molecule has 0 saturated carbocycles. The number of ether oxygens (including phenoxy) is 2. The largest absolute Gasteiger partial charge is 0.493 e. The zero-order valence-corrected chi connectivity index (χ0v) is 19.8. The van der Waals surface area contributed by atoms with E-state index in [4.69, 9.17) is 9.47 Å². The van der Waals surface area contributed by atoms with Crippen LogP contribution in [0.3, 0.4) is 0 Å². The number of hydrogen-bond donors (Lipinski definition) is 2. The molecule has 1 aromatic heterocycles. The van der Waals surface area contributed by atoms with Gasteiger partial charge >= 0.3 is 6.03 Å². The number of aryl methyl sites for hydroxylation is 1. The number of nitrogens with one attached hydrogen (secondary N) is 2. The topological polar surface area (TPSA) is 153 Å². The lowest BCUT2D eigenvalue weighted by molar-refractivity contribution is -0.385. The molecule has 2 aromatic carbocycles. The van der Waals surface area contributed by atoms with E-state index >= 15 is 0 Å². The first-order chi connectivity index (χ1) is 17.7. The molecule has 12 heteroatoms. The highest BCUT2D eigenvalue weighted by Gasteiger charge is 2.35. The monoisotopic (exact) mass is 503 g/mol. The van der Waals surface area contributed by atoms with Crippen molar-refractivity contribution in [3.8, 4) is 17.4 Å². The summed E-state index contributed by atoms with van der Waals surface area (Å²) in [5.41, 5.74) is 1.90. The van der Waals surface area contributed by atoms with Crippen molar-refractivity contribution in [2.24, 2.45) is 0 Å². The van der Waals surface area contributed by atoms with Crippen molar-refractivity contribution in [1.82, 2.24) is 15.2 Å². The van der Waals surface area contributed by atoms with E-state index < -0.39 is 29.3 Å². The molecule has 0 spiro atoms. The highest BCUT2D eigenvalue weighted by molar-refractivity contribution is 6.16. The van der Waals surface area contributed by atoms with E-state index in [1.165, 1.54) is 25.3 Å². The molecule has 0 radical (unpaired) electrons. The summed E-state index contributed by atoms with van der Waals surface area (Å²) in [5.74, 6) is -0.481. The van der Waals surface area contributed by atoms with Gasteiger partial charge in [-0.3, -0.25) is 19.7 Å². The molecule has 0 bridgehead atoms. The predicted octanol–water partition coefficient (Wildman–Crippen LogP) is 3.63. The van der Waals surface area contributed by atoms with Crippen molar-refractivity contribution in [2.45, 2.75) is 6.92 Å². The van der Waals surface area contributed by atoms with Crippen LogP contribution in [0.4, 0.5) is 16.2 Å². The fourth-order valence-electron chi connectivity index (χ4n) is 3.37. The summed E-state index contributed by atoms with van der Waals surface area (Å²) in [6, 6.07) is 13.7. The van der Waals surface area contributed by atoms with Gasteiger partial charge in [0.05, 0.1) is 12.0 Å². The number of amides is 4. The van der Waals surface area contributed by atoms with Crippen molar-refractivity contribution in [2.75, 3.05) is 19.0 Å². The second kappa shape index (κ2) is 10.6. The number of carbonyl (C=O) groups excluding carboxylic acids is 3. The average Bonchev–Trinajstić information content (AvgIpc) is 3.13. The SMILES string of the molecule is COc1cc(/C=C2\NC(=O)N(CC(=O)Nc3ccc(C)cc3)C2=O)ccc1Oc1ccc([N+](=O)[O-])cn1. The molecule has 0 aliphatic carbocycles. The number of nitrogens with zero attached hydrogens (tertiary/aromatic N) is 3. The summed E-state index contributed by atoms with van der Waals surface area (Å²) in [7, 11) is 1.42. The molecule has 1 aliphatic rings. The summed E-state index contributed by atoms with van der Waals surface area (Å²) >= 11 is 0. The summed E-state index contributed by atoms with van der Waals surface area (Å²) in [6.07, 6.45) is 2.51. The van der Waals surface area contributed by atoms with Gasteiger partial charge < -0.3 is 20.1 Å². The van der Waals surface area contributed by atoms with E-state index in [0.717, 1.165) is 16.7 Å². The molecule has 2 N–H and O–H groups in total. The van der Waals surface area contributed by atoms with Crippen LogP contribution in [0, 0.1) is 17.0 Å². The van der Waals surface area contributed by atoms with Crippen LogP contribution in [-0.4, -0.2) is 46.3 Å². The minimum atomic E-state index is -0.716. The second-order valence-corrected chi connectivity index (χ2v) is 7.92. The molecule has 3 aromatic rings. The normalized spacial score (nSPS) is 13.9. The molecule has 0 unspecified atom stereocenters. The number of hydrogen-bond acceptors (Lipinski definition) is 8. The van der Waals surface area contributed by atoms with Crippen LogP contribution in [0.5, 0.6) is 17.4 Å². The molecule has 188 valence electrons. The van der Waals surface area contributed by atoms with Crippen molar-refractivity contribution in [3.05, 3.63) is 87.7 Å². The number of methoxy groups -OCH3 is 1. The summed E-state index contributed by atoms with van der Waals surface area (Å²) in [4.78, 5) is 52.4. The Morgan fingerprint density at radius 2 is 1.89 bits per heavy atom. The maximum atomic E-state index is 12.8. The number of nitro groups is 1. The number of carbonyl (C=O) groups is 3. The Morgan fingerprint density at radius 3 is 2.54 bits per heavy atom. The fourth-order valence-corrected chi connectivity index (χ4v) is 3.37. The lowest BCUT2D eigenvalue weighted by atomic mass is 10.1. The Kier molecular flexibility index (Phi) is 7.09. The molecule has 1 saturated heterocycles. The third-order valence-electron chi connectivity index (χ3n) is 5.24. The lowest BCUT2D eigenvalue weighted by Gasteiger charge is -2.12. The van der Waals surface area contributed by atoms with Crippen LogP contribution in [0.15, 0.2) is 66.5 Å². The lowest BCUT2D eigenvalue weighted by Crippen LogP contribution is -2.38. The molecule has 1 aliphatic heterocycles. The first-order valence-corrected chi connectivity index (χ1v) is 10.9. The smallest absolute Gasteiger partial charge is 0.329 e. The Morgan fingerprint density at radius 1 is 1.14 bits per heavy atom. The molecular formula is C25H21N5O7. The number of urea groups is 1. The van der Waals surface area contributed by atoms with Crippen molar-refractivity contribution in [1.29, 1.82) is 0 Å². The van der Waals surface area contributed by atoms with Gasteiger partial charge in [-0.15, -0.1) is 0 Å². The molecule has 1 fully saturated rings. The van der Waals surface area contributed by atoms with E-state index in [0.29, 0.717) is 17.0 Å². The zero-order chi connectivity index (χ0) is 26.5. The zero-order valence-electron chi connectivity index (χ0n) is 19.8. The van der Waals surface area contributed by atoms with E-state index in [2.05, 4.69) is 15.6 Å². The molecule has 2 heterocycles. The van der Waals surface area contributed by atoms with E-state index in [9.17, 15) is 24.5 Å². The standard InChI is InChI=1S/C25H21N5O7/c1-15-3-6-17(7-4-15)27-22(31)14-29-24(32)19(28-25(29)33)11-16-5-9-20(21(12-16)36-2)37-23-10-8-18(13-26-23)30(34)35/h3-13H,14H2,1-2H3,(H,27,31)(H,28,33)/b19-11-. The number of rotatable bonds is 8. The molecule has 4 rings (SSSR count). The molecule has 0 atom stereocenters. The van der Waals surface area contributed by atoms with Gasteiger partial charge in [-0.1, -0.05) is 23.8 Å². The Balaban J connectivity index is 1.45. The van der Waals surface area contributed by atoms with Crippen molar-refractivity contribution < 1.29 is 28.8 Å². The van der Waals surface area contributed by atoms with Crippen LogP contribution in [0.2, 0.25) is 0 Å². The number of pyridine rings is 1. The van der Waals surface area contributed by atoms with Gasteiger partial charge in [0, 0.05) is 17.8 Å². The maximum Gasteiger partial charge on any atom is 0.329 e. The van der Waals surface area contributed by atoms with Gasteiger partial charge in [0.25, 0.3) is 11.6 Å². The molecule has 37 heavy (non-hydrogen) atoms. The first kappa shape index (κ1) is 24.9. The Hall–Kier alpha value is -5.26. The van der Waals surface area contributed by atoms with Gasteiger partial charge in [-0.25, -0.2) is 14.7 Å². The van der Waals surface area contributed by atoms with E-state index in [-0.39, 0.29) is 23.0 Å². The molecule has 12 nitrogen and oxygen atoms in total. The van der Waals surface area contributed by atoms with Crippen molar-refractivity contribution in [3.63, 3.8) is 0 Å². The van der Waals surface area contributed by atoms with Gasteiger partial charge in [0.15, 0.2) is 11.5 Å². The minimum Gasteiger partial charge on any atom is -0.493 e. The number of imide groups is 1. The quantitative estimate of drug-likeness (QED) is 0.205. The van der Waals surface area contributed by atoms with Gasteiger partial charge in [0.1, 0.15) is 18.4 Å². The number of aromatic nitrogens is 1.